The quantitative estimate of drug-likeness (QED) is 0.664. The number of hydrogen-bond donors (Lipinski definition) is 1. The van der Waals surface area contributed by atoms with Gasteiger partial charge in [-0.15, -0.1) is 0 Å². The van der Waals surface area contributed by atoms with Crippen LogP contribution in [0, 0.1) is 0 Å². The first-order valence-electron chi connectivity index (χ1n) is 4.16. The number of ether oxygens (including phenoxy) is 2. The second kappa shape index (κ2) is 3.52. The SMILES string of the molecule is CC(N)CCC1(C)OCCO1. The van der Waals surface area contributed by atoms with Gasteiger partial charge in [0.2, 0.25) is 0 Å². The lowest BCUT2D eigenvalue weighted by Gasteiger charge is -2.22. The Morgan fingerprint density at radius 1 is 1.45 bits per heavy atom. The molecular weight excluding hydrogens is 142 g/mol. The maximum Gasteiger partial charge on any atom is 0.165 e. The predicted octanol–water partition coefficient (Wildman–Crippen LogP) is 0.877. The fourth-order valence-corrected chi connectivity index (χ4v) is 1.19. The molecule has 1 rings (SSSR count). The maximum absolute atomic E-state index is 5.62. The Hall–Kier alpha value is -0.120. The average molecular weight is 159 g/mol. The lowest BCUT2D eigenvalue weighted by atomic mass is 10.1. The molecule has 0 radical (unpaired) electrons. The van der Waals surface area contributed by atoms with Crippen LogP contribution in [0.3, 0.4) is 0 Å². The molecule has 1 aliphatic rings. The van der Waals surface area contributed by atoms with Crippen LogP contribution in [0.15, 0.2) is 0 Å². The van der Waals surface area contributed by atoms with E-state index in [1.54, 1.807) is 0 Å². The molecule has 0 aromatic heterocycles. The standard InChI is InChI=1S/C8H17NO2/c1-7(9)3-4-8(2)10-5-6-11-8/h7H,3-6,9H2,1-2H3. The Kier molecular flexibility index (Phi) is 2.87. The van der Waals surface area contributed by atoms with Gasteiger partial charge in [-0.2, -0.15) is 0 Å². The fraction of sp³-hybridized carbons (Fsp3) is 1.00. The minimum absolute atomic E-state index is 0.236. The summed E-state index contributed by atoms with van der Waals surface area (Å²) >= 11 is 0. The summed E-state index contributed by atoms with van der Waals surface area (Å²) in [6.07, 6.45) is 1.85. The number of hydrogen-bond acceptors (Lipinski definition) is 3. The Bertz CT molecular complexity index is 119. The van der Waals surface area contributed by atoms with E-state index in [1.165, 1.54) is 0 Å². The molecule has 0 aliphatic carbocycles. The van der Waals surface area contributed by atoms with Crippen molar-refractivity contribution in [1.29, 1.82) is 0 Å². The van der Waals surface area contributed by atoms with Gasteiger partial charge in [0.15, 0.2) is 5.79 Å². The third-order valence-electron chi connectivity index (χ3n) is 1.95. The Morgan fingerprint density at radius 2 is 2.00 bits per heavy atom. The molecule has 3 heteroatoms. The van der Waals surface area contributed by atoms with E-state index in [0.29, 0.717) is 0 Å². The lowest BCUT2D eigenvalue weighted by molar-refractivity contribution is -0.147. The summed E-state index contributed by atoms with van der Waals surface area (Å²) in [7, 11) is 0. The molecule has 0 saturated carbocycles. The van der Waals surface area contributed by atoms with Crippen LogP contribution >= 0.6 is 0 Å². The van der Waals surface area contributed by atoms with Gasteiger partial charge in [0.25, 0.3) is 0 Å². The highest BCUT2D eigenvalue weighted by Crippen LogP contribution is 2.24. The summed E-state index contributed by atoms with van der Waals surface area (Å²) in [6.45, 7) is 5.41. The van der Waals surface area contributed by atoms with E-state index in [1.807, 2.05) is 13.8 Å². The highest BCUT2D eigenvalue weighted by Gasteiger charge is 2.30. The molecule has 0 aromatic rings. The Balaban J connectivity index is 2.23. The third kappa shape index (κ3) is 2.77. The van der Waals surface area contributed by atoms with Crippen molar-refractivity contribution in [2.45, 2.75) is 38.5 Å². The van der Waals surface area contributed by atoms with Crippen LogP contribution in [0.25, 0.3) is 0 Å². The maximum atomic E-state index is 5.62. The third-order valence-corrected chi connectivity index (χ3v) is 1.95. The molecular formula is C8H17NO2. The van der Waals surface area contributed by atoms with Gasteiger partial charge in [-0.3, -0.25) is 0 Å². The summed E-state index contributed by atoms with van der Waals surface area (Å²) < 4.78 is 10.8. The zero-order valence-electron chi connectivity index (χ0n) is 7.30. The molecule has 0 spiro atoms. The summed E-state index contributed by atoms with van der Waals surface area (Å²) in [4.78, 5) is 0. The first-order valence-corrected chi connectivity index (χ1v) is 4.16. The van der Waals surface area contributed by atoms with Gasteiger partial charge in [-0.05, 0) is 20.3 Å². The van der Waals surface area contributed by atoms with Crippen molar-refractivity contribution in [3.05, 3.63) is 0 Å². The van der Waals surface area contributed by atoms with Crippen molar-refractivity contribution in [3.8, 4) is 0 Å². The second-order valence-corrected chi connectivity index (χ2v) is 3.35. The van der Waals surface area contributed by atoms with Crippen molar-refractivity contribution in [2.24, 2.45) is 5.73 Å². The Morgan fingerprint density at radius 3 is 2.45 bits per heavy atom. The van der Waals surface area contributed by atoms with Gasteiger partial charge in [0.05, 0.1) is 13.2 Å². The van der Waals surface area contributed by atoms with Crippen LogP contribution in [0.4, 0.5) is 0 Å². The highest BCUT2D eigenvalue weighted by molar-refractivity contribution is 4.70. The van der Waals surface area contributed by atoms with E-state index in [2.05, 4.69) is 0 Å². The van der Waals surface area contributed by atoms with E-state index in [0.717, 1.165) is 26.1 Å². The number of rotatable bonds is 3. The summed E-state index contributed by atoms with van der Waals surface area (Å²) in [5.74, 6) is -0.354. The normalized spacial score (nSPS) is 25.4. The van der Waals surface area contributed by atoms with Crippen LogP contribution in [0.5, 0.6) is 0 Å². The topological polar surface area (TPSA) is 44.5 Å². The van der Waals surface area contributed by atoms with Crippen molar-refractivity contribution in [1.82, 2.24) is 0 Å². The van der Waals surface area contributed by atoms with Crippen molar-refractivity contribution >= 4 is 0 Å². The van der Waals surface area contributed by atoms with E-state index in [4.69, 9.17) is 15.2 Å². The van der Waals surface area contributed by atoms with Gasteiger partial charge in [-0.1, -0.05) is 0 Å². The van der Waals surface area contributed by atoms with E-state index in [9.17, 15) is 0 Å². The summed E-state index contributed by atoms with van der Waals surface area (Å²) in [6, 6.07) is 0.236. The molecule has 2 N–H and O–H groups in total. The van der Waals surface area contributed by atoms with Gasteiger partial charge in [0.1, 0.15) is 0 Å². The zero-order chi connectivity index (χ0) is 8.32. The Labute approximate surface area is 67.9 Å². The first-order chi connectivity index (χ1) is 5.12. The van der Waals surface area contributed by atoms with Crippen LogP contribution in [0.1, 0.15) is 26.7 Å². The zero-order valence-corrected chi connectivity index (χ0v) is 7.30. The smallest absolute Gasteiger partial charge is 0.165 e. The fourth-order valence-electron chi connectivity index (χ4n) is 1.19. The van der Waals surface area contributed by atoms with E-state index >= 15 is 0 Å². The predicted molar refractivity (Wildman–Crippen MR) is 43.2 cm³/mol. The summed E-state index contributed by atoms with van der Waals surface area (Å²) in [5, 5.41) is 0. The molecule has 1 unspecified atom stereocenters. The molecule has 1 saturated heterocycles. The van der Waals surface area contributed by atoms with Crippen LogP contribution in [0.2, 0.25) is 0 Å². The van der Waals surface area contributed by atoms with E-state index in [-0.39, 0.29) is 11.8 Å². The van der Waals surface area contributed by atoms with Crippen molar-refractivity contribution in [3.63, 3.8) is 0 Å². The van der Waals surface area contributed by atoms with Crippen molar-refractivity contribution < 1.29 is 9.47 Å². The van der Waals surface area contributed by atoms with Crippen LogP contribution in [-0.4, -0.2) is 25.0 Å². The van der Waals surface area contributed by atoms with Gasteiger partial charge in [0, 0.05) is 12.5 Å². The largest absolute Gasteiger partial charge is 0.348 e. The molecule has 1 aliphatic heterocycles. The minimum atomic E-state index is -0.354. The molecule has 0 bridgehead atoms. The van der Waals surface area contributed by atoms with Gasteiger partial charge < -0.3 is 15.2 Å². The highest BCUT2D eigenvalue weighted by atomic mass is 16.7. The number of nitrogens with two attached hydrogens (primary N) is 1. The minimum Gasteiger partial charge on any atom is -0.348 e. The average Bonchev–Trinajstić information content (AvgIpc) is 2.33. The first kappa shape index (κ1) is 8.97. The van der Waals surface area contributed by atoms with Crippen molar-refractivity contribution in [2.75, 3.05) is 13.2 Å². The summed E-state index contributed by atoms with van der Waals surface area (Å²) in [5.41, 5.74) is 5.62. The van der Waals surface area contributed by atoms with Gasteiger partial charge >= 0.3 is 0 Å². The molecule has 3 nitrogen and oxygen atoms in total. The molecule has 1 heterocycles. The lowest BCUT2D eigenvalue weighted by Crippen LogP contribution is -2.28. The molecule has 66 valence electrons. The van der Waals surface area contributed by atoms with Crippen LogP contribution in [-0.2, 0) is 9.47 Å². The molecule has 1 fully saturated rings. The molecule has 1 atom stereocenters. The second-order valence-electron chi connectivity index (χ2n) is 3.35. The molecule has 0 amide bonds. The monoisotopic (exact) mass is 159 g/mol. The molecule has 11 heavy (non-hydrogen) atoms. The van der Waals surface area contributed by atoms with E-state index < -0.39 is 0 Å². The van der Waals surface area contributed by atoms with Crippen LogP contribution < -0.4 is 5.73 Å². The molecule has 0 aromatic carbocycles. The van der Waals surface area contributed by atoms with Gasteiger partial charge in [-0.25, -0.2) is 0 Å².